The first kappa shape index (κ1) is 21.7. The normalized spacial score (nSPS) is 12.2. The van der Waals surface area contributed by atoms with E-state index in [1.165, 1.54) is 23.9 Å². The second-order valence-electron chi connectivity index (χ2n) is 6.00. The maximum atomic E-state index is 12.3. The molecule has 0 radical (unpaired) electrons. The first-order valence-corrected chi connectivity index (χ1v) is 10.9. The molecule has 2 aromatic rings. The summed E-state index contributed by atoms with van der Waals surface area (Å²) in [5, 5.41) is 10.7. The molecule has 28 heavy (non-hydrogen) atoms. The van der Waals surface area contributed by atoms with Crippen molar-refractivity contribution < 1.29 is 18.0 Å². The van der Waals surface area contributed by atoms with Gasteiger partial charge >= 0.3 is 6.03 Å². The number of primary amides is 1. The summed E-state index contributed by atoms with van der Waals surface area (Å²) in [5.74, 6) is 0.139. The zero-order chi connectivity index (χ0) is 20.7. The van der Waals surface area contributed by atoms with Crippen LogP contribution in [0.25, 0.3) is 0 Å². The van der Waals surface area contributed by atoms with Crippen molar-refractivity contribution in [1.82, 2.24) is 5.32 Å². The van der Waals surface area contributed by atoms with E-state index in [4.69, 9.17) is 10.9 Å². The van der Waals surface area contributed by atoms with E-state index in [1.54, 1.807) is 31.2 Å². The molecule has 3 amide bonds. The molecule has 2 rings (SSSR count). The van der Waals surface area contributed by atoms with Gasteiger partial charge in [-0.05, 0) is 36.8 Å². The molecule has 0 spiro atoms. The summed E-state index contributed by atoms with van der Waals surface area (Å²) in [4.78, 5) is 24.0. The molecule has 150 valence electrons. The number of para-hydroxylation sites is 1. The molecule has 8 nitrogen and oxygen atoms in total. The van der Waals surface area contributed by atoms with Crippen molar-refractivity contribution in [2.24, 2.45) is 10.9 Å². The standard InChI is InChI=1S/C18H22N4O4S2/c1-12(13-6-8-14(9-7-13)28(20,25)26)21-18(24)22-15-4-2-3-5-16(15)27-11-10-17(19)23/h2-9,12H,10-11H2,1H3,(H2,19,23)(H2,20,25,26)(H2,21,22,24). The molecule has 0 saturated heterocycles. The lowest BCUT2D eigenvalue weighted by Gasteiger charge is -2.16. The number of urea groups is 1. The van der Waals surface area contributed by atoms with Crippen LogP contribution in [0.4, 0.5) is 10.5 Å². The van der Waals surface area contributed by atoms with Crippen LogP contribution in [-0.2, 0) is 14.8 Å². The summed E-state index contributed by atoms with van der Waals surface area (Å²) >= 11 is 1.42. The molecule has 10 heteroatoms. The van der Waals surface area contributed by atoms with E-state index < -0.39 is 16.1 Å². The van der Waals surface area contributed by atoms with Crippen molar-refractivity contribution in [2.75, 3.05) is 11.1 Å². The highest BCUT2D eigenvalue weighted by Crippen LogP contribution is 2.27. The zero-order valence-corrected chi connectivity index (χ0v) is 16.8. The fourth-order valence-corrected chi connectivity index (χ4v) is 3.83. The molecule has 1 unspecified atom stereocenters. The van der Waals surface area contributed by atoms with Gasteiger partial charge in [0.1, 0.15) is 0 Å². The first-order chi connectivity index (χ1) is 13.2. The highest BCUT2D eigenvalue weighted by Gasteiger charge is 2.13. The third-order valence-electron chi connectivity index (χ3n) is 3.80. The van der Waals surface area contributed by atoms with Gasteiger partial charge < -0.3 is 16.4 Å². The lowest BCUT2D eigenvalue weighted by atomic mass is 10.1. The number of sulfonamides is 1. The van der Waals surface area contributed by atoms with Crippen LogP contribution in [-0.4, -0.2) is 26.1 Å². The van der Waals surface area contributed by atoms with Gasteiger partial charge in [-0.15, -0.1) is 11.8 Å². The molecule has 6 N–H and O–H groups in total. The zero-order valence-electron chi connectivity index (χ0n) is 15.2. The second kappa shape index (κ2) is 9.58. The Morgan fingerprint density at radius 2 is 1.75 bits per heavy atom. The monoisotopic (exact) mass is 422 g/mol. The van der Waals surface area contributed by atoms with Crippen LogP contribution in [0.2, 0.25) is 0 Å². The highest BCUT2D eigenvalue weighted by atomic mass is 32.2. The summed E-state index contributed by atoms with van der Waals surface area (Å²) in [6, 6.07) is 12.5. The van der Waals surface area contributed by atoms with E-state index in [9.17, 15) is 18.0 Å². The van der Waals surface area contributed by atoms with Crippen molar-refractivity contribution in [2.45, 2.75) is 29.2 Å². The Balaban J connectivity index is 1.99. The topological polar surface area (TPSA) is 144 Å². The van der Waals surface area contributed by atoms with E-state index >= 15 is 0 Å². The molecular formula is C18H22N4O4S2. The summed E-state index contributed by atoms with van der Waals surface area (Å²) < 4.78 is 22.6. The van der Waals surface area contributed by atoms with Crippen molar-refractivity contribution in [3.63, 3.8) is 0 Å². The molecule has 0 bridgehead atoms. The number of hydrogen-bond donors (Lipinski definition) is 4. The lowest BCUT2D eigenvalue weighted by Crippen LogP contribution is -2.31. The number of primary sulfonamides is 1. The number of carbonyl (C=O) groups is 2. The minimum Gasteiger partial charge on any atom is -0.370 e. The summed E-state index contributed by atoms with van der Waals surface area (Å²) in [7, 11) is -3.76. The number of amides is 3. The molecule has 0 fully saturated rings. The van der Waals surface area contributed by atoms with Gasteiger partial charge in [0.25, 0.3) is 0 Å². The van der Waals surface area contributed by atoms with E-state index in [0.29, 0.717) is 11.4 Å². The van der Waals surface area contributed by atoms with Crippen molar-refractivity contribution in [1.29, 1.82) is 0 Å². The lowest BCUT2D eigenvalue weighted by molar-refractivity contribution is -0.117. The van der Waals surface area contributed by atoms with Crippen LogP contribution in [0.5, 0.6) is 0 Å². The SMILES string of the molecule is CC(NC(=O)Nc1ccccc1SCCC(N)=O)c1ccc(S(N)(=O)=O)cc1. The number of benzene rings is 2. The maximum Gasteiger partial charge on any atom is 0.319 e. The summed E-state index contributed by atoms with van der Waals surface area (Å²) in [6.07, 6.45) is 0.247. The Hall–Kier alpha value is -2.56. The number of nitrogens with one attached hydrogen (secondary N) is 2. The van der Waals surface area contributed by atoms with Crippen molar-refractivity contribution >= 4 is 39.4 Å². The molecule has 2 aromatic carbocycles. The van der Waals surface area contributed by atoms with E-state index in [-0.39, 0.29) is 23.3 Å². The number of thioether (sulfide) groups is 1. The Bertz CT molecular complexity index is 946. The van der Waals surface area contributed by atoms with Crippen LogP contribution >= 0.6 is 11.8 Å². The van der Waals surface area contributed by atoms with E-state index in [0.717, 1.165) is 10.5 Å². The van der Waals surface area contributed by atoms with Gasteiger partial charge in [0.15, 0.2) is 0 Å². The third-order valence-corrected chi connectivity index (χ3v) is 5.80. The van der Waals surface area contributed by atoms with Gasteiger partial charge in [-0.1, -0.05) is 24.3 Å². The summed E-state index contributed by atoms with van der Waals surface area (Å²) in [5.41, 5.74) is 6.49. The maximum absolute atomic E-state index is 12.3. The molecule has 0 aliphatic heterocycles. The molecule has 0 heterocycles. The average molecular weight is 423 g/mol. The Labute approximate surface area is 168 Å². The van der Waals surface area contributed by atoms with Gasteiger partial charge in [0.05, 0.1) is 16.6 Å². The fraction of sp³-hybridized carbons (Fsp3) is 0.222. The fourth-order valence-electron chi connectivity index (χ4n) is 2.34. The predicted molar refractivity (Wildman–Crippen MR) is 109 cm³/mol. The van der Waals surface area contributed by atoms with Crippen LogP contribution in [0.1, 0.15) is 24.9 Å². The molecule has 1 atom stereocenters. The van der Waals surface area contributed by atoms with Crippen molar-refractivity contribution in [3.8, 4) is 0 Å². The smallest absolute Gasteiger partial charge is 0.319 e. The van der Waals surface area contributed by atoms with Crippen LogP contribution in [0, 0.1) is 0 Å². The minimum absolute atomic E-state index is 0.00909. The largest absolute Gasteiger partial charge is 0.370 e. The highest BCUT2D eigenvalue weighted by molar-refractivity contribution is 7.99. The first-order valence-electron chi connectivity index (χ1n) is 8.37. The van der Waals surface area contributed by atoms with Gasteiger partial charge in [-0.3, -0.25) is 4.79 Å². The van der Waals surface area contributed by atoms with E-state index in [1.807, 2.05) is 12.1 Å². The van der Waals surface area contributed by atoms with Crippen molar-refractivity contribution in [3.05, 3.63) is 54.1 Å². The number of rotatable bonds is 8. The molecule has 0 aliphatic rings. The van der Waals surface area contributed by atoms with Crippen LogP contribution in [0.3, 0.4) is 0 Å². The Morgan fingerprint density at radius 3 is 2.36 bits per heavy atom. The van der Waals surface area contributed by atoms with Gasteiger partial charge in [0, 0.05) is 17.1 Å². The second-order valence-corrected chi connectivity index (χ2v) is 8.69. The average Bonchev–Trinajstić information content (AvgIpc) is 2.62. The molecule has 0 aromatic heterocycles. The molecule has 0 aliphatic carbocycles. The van der Waals surface area contributed by atoms with Gasteiger partial charge in [-0.2, -0.15) is 0 Å². The number of hydrogen-bond acceptors (Lipinski definition) is 5. The van der Waals surface area contributed by atoms with Crippen LogP contribution in [0.15, 0.2) is 58.3 Å². The molecular weight excluding hydrogens is 400 g/mol. The summed E-state index contributed by atoms with van der Waals surface area (Å²) in [6.45, 7) is 1.78. The van der Waals surface area contributed by atoms with Gasteiger partial charge in [0.2, 0.25) is 15.9 Å². The quantitative estimate of drug-likeness (QED) is 0.482. The Kier molecular flexibility index (Phi) is 7.44. The van der Waals surface area contributed by atoms with Crippen LogP contribution < -0.4 is 21.5 Å². The number of anilines is 1. The predicted octanol–water partition coefficient (Wildman–Crippen LogP) is 2.18. The third kappa shape index (κ3) is 6.55. The minimum atomic E-state index is -3.76. The number of nitrogens with two attached hydrogens (primary N) is 2. The molecule has 0 saturated carbocycles. The number of carbonyl (C=O) groups excluding carboxylic acids is 2. The van der Waals surface area contributed by atoms with Gasteiger partial charge in [-0.25, -0.2) is 18.4 Å². The van der Waals surface area contributed by atoms with E-state index in [2.05, 4.69) is 10.6 Å². The Morgan fingerprint density at radius 1 is 1.11 bits per heavy atom.